The summed E-state index contributed by atoms with van der Waals surface area (Å²) in [5.74, 6) is -0.565. The van der Waals surface area contributed by atoms with E-state index in [1.165, 1.54) is 16.8 Å². The zero-order valence-corrected chi connectivity index (χ0v) is 8.73. The molecule has 0 radical (unpaired) electrons. The maximum atomic E-state index is 11.8. The number of hydrogen-bond donors (Lipinski definition) is 1. The smallest absolute Gasteiger partial charge is 0.355 e. The zero-order chi connectivity index (χ0) is 12.0. The number of esters is 1. The van der Waals surface area contributed by atoms with Crippen LogP contribution in [0, 0.1) is 0 Å². The van der Waals surface area contributed by atoms with E-state index in [9.17, 15) is 14.4 Å². The van der Waals surface area contributed by atoms with Crippen molar-refractivity contribution in [3.63, 3.8) is 0 Å². The second kappa shape index (κ2) is 3.31. The Bertz CT molecular complexity index is 741. The van der Waals surface area contributed by atoms with Crippen molar-refractivity contribution in [3.05, 3.63) is 44.7 Å². The number of rotatable bonds is 0. The molecule has 2 aromatic heterocycles. The average molecular weight is 232 g/mol. The Kier molecular flexibility index (Phi) is 1.91. The van der Waals surface area contributed by atoms with Gasteiger partial charge in [-0.15, -0.1) is 0 Å². The van der Waals surface area contributed by atoms with Crippen molar-refractivity contribution in [2.24, 2.45) is 0 Å². The summed E-state index contributed by atoms with van der Waals surface area (Å²) in [6, 6.07) is 2.84. The van der Waals surface area contributed by atoms with Gasteiger partial charge in [-0.05, 0) is 6.07 Å². The van der Waals surface area contributed by atoms with Crippen LogP contribution in [0.2, 0.25) is 0 Å². The number of ether oxygens (including phenoxy) is 1. The minimum Gasteiger partial charge on any atom is -0.459 e. The molecule has 0 amide bonds. The monoisotopic (exact) mass is 232 g/mol. The summed E-state index contributed by atoms with van der Waals surface area (Å²) < 4.78 is 6.24. The van der Waals surface area contributed by atoms with Gasteiger partial charge in [-0.25, -0.2) is 4.79 Å². The second-order valence-electron chi connectivity index (χ2n) is 3.75. The van der Waals surface area contributed by atoms with E-state index in [4.69, 9.17) is 4.74 Å². The van der Waals surface area contributed by atoms with Crippen LogP contribution in [0.1, 0.15) is 10.5 Å². The molecular weight excluding hydrogens is 224 g/mol. The summed E-state index contributed by atoms with van der Waals surface area (Å²) in [5, 5.41) is 0.653. The van der Waals surface area contributed by atoms with Gasteiger partial charge in [-0.3, -0.25) is 14.2 Å². The topological polar surface area (TPSA) is 81.2 Å². The molecule has 0 spiro atoms. The van der Waals surface area contributed by atoms with Crippen LogP contribution in [0.4, 0.5) is 0 Å². The van der Waals surface area contributed by atoms with Crippen molar-refractivity contribution in [1.82, 2.24) is 9.55 Å². The lowest BCUT2D eigenvalue weighted by atomic mass is 10.1. The molecule has 2 aromatic rings. The Morgan fingerprint density at radius 3 is 2.88 bits per heavy atom. The molecular formula is C11H8N2O4. The molecule has 86 valence electrons. The standard InChI is InChI=1S/C11H8N2O4/c14-8-5-7-6(1-2-12-10(7)15)9-11(16)17-4-3-13(8)9/h1-2,5H,3-4H2,(H,12,15). The van der Waals surface area contributed by atoms with Gasteiger partial charge in [0, 0.05) is 17.6 Å². The van der Waals surface area contributed by atoms with Gasteiger partial charge in [0.2, 0.25) is 0 Å². The highest BCUT2D eigenvalue weighted by Crippen LogP contribution is 2.16. The molecule has 1 aliphatic rings. The van der Waals surface area contributed by atoms with Gasteiger partial charge in [0.25, 0.3) is 11.1 Å². The number of aromatic amines is 1. The SMILES string of the molecule is O=C1OCCn2c1c1cc[nH]c(=O)c1cc2=O. The molecule has 6 nitrogen and oxygen atoms in total. The van der Waals surface area contributed by atoms with Crippen molar-refractivity contribution in [3.8, 4) is 0 Å². The highest BCUT2D eigenvalue weighted by molar-refractivity contribution is 6.02. The predicted octanol–water partition coefficient (Wildman–Crippen LogP) is -0.140. The fourth-order valence-electron chi connectivity index (χ4n) is 2.04. The highest BCUT2D eigenvalue weighted by Gasteiger charge is 2.23. The molecule has 0 bridgehead atoms. The lowest BCUT2D eigenvalue weighted by Gasteiger charge is -2.18. The first-order valence-corrected chi connectivity index (χ1v) is 5.11. The number of nitrogens with one attached hydrogen (secondary N) is 1. The molecule has 3 rings (SSSR count). The lowest BCUT2D eigenvalue weighted by Crippen LogP contribution is -2.34. The molecule has 6 heteroatoms. The Morgan fingerprint density at radius 2 is 2.06 bits per heavy atom. The molecule has 0 fully saturated rings. The summed E-state index contributed by atoms with van der Waals surface area (Å²) >= 11 is 0. The summed E-state index contributed by atoms with van der Waals surface area (Å²) in [7, 11) is 0. The van der Waals surface area contributed by atoms with Crippen LogP contribution in [-0.4, -0.2) is 22.1 Å². The van der Waals surface area contributed by atoms with Crippen LogP contribution in [0.15, 0.2) is 27.9 Å². The second-order valence-corrected chi connectivity index (χ2v) is 3.75. The Labute approximate surface area is 94.4 Å². The molecule has 0 atom stereocenters. The fourth-order valence-corrected chi connectivity index (χ4v) is 2.04. The first-order chi connectivity index (χ1) is 8.18. The van der Waals surface area contributed by atoms with Crippen molar-refractivity contribution in [2.45, 2.75) is 6.54 Å². The van der Waals surface area contributed by atoms with Crippen LogP contribution in [-0.2, 0) is 11.3 Å². The quantitative estimate of drug-likeness (QED) is 0.641. The summed E-state index contributed by atoms with van der Waals surface area (Å²) in [5.41, 5.74) is -0.591. The minimum atomic E-state index is -0.565. The number of pyridine rings is 2. The largest absolute Gasteiger partial charge is 0.459 e. The average Bonchev–Trinajstić information content (AvgIpc) is 2.31. The van der Waals surface area contributed by atoms with Crippen LogP contribution < -0.4 is 11.1 Å². The minimum absolute atomic E-state index is 0.157. The third kappa shape index (κ3) is 1.30. The maximum absolute atomic E-state index is 11.8. The van der Waals surface area contributed by atoms with Crippen LogP contribution in [0.25, 0.3) is 10.8 Å². The third-order valence-corrected chi connectivity index (χ3v) is 2.80. The number of cyclic esters (lactones) is 1. The van der Waals surface area contributed by atoms with E-state index in [1.54, 1.807) is 6.07 Å². The van der Waals surface area contributed by atoms with Crippen molar-refractivity contribution < 1.29 is 9.53 Å². The van der Waals surface area contributed by atoms with Gasteiger partial charge in [0.15, 0.2) is 0 Å². The molecule has 1 aliphatic heterocycles. The number of carbonyl (C=O) groups excluding carboxylic acids is 1. The van der Waals surface area contributed by atoms with Gasteiger partial charge < -0.3 is 9.72 Å². The van der Waals surface area contributed by atoms with Gasteiger partial charge in [-0.2, -0.15) is 0 Å². The predicted molar refractivity (Wildman–Crippen MR) is 59.1 cm³/mol. The molecule has 17 heavy (non-hydrogen) atoms. The van der Waals surface area contributed by atoms with E-state index in [2.05, 4.69) is 4.98 Å². The third-order valence-electron chi connectivity index (χ3n) is 2.80. The van der Waals surface area contributed by atoms with E-state index in [0.29, 0.717) is 11.9 Å². The number of fused-ring (bicyclic) bond motifs is 3. The lowest BCUT2D eigenvalue weighted by molar-refractivity contribution is 0.0420. The zero-order valence-electron chi connectivity index (χ0n) is 8.73. The number of hydrogen-bond acceptors (Lipinski definition) is 4. The van der Waals surface area contributed by atoms with Gasteiger partial charge >= 0.3 is 5.97 Å². The molecule has 0 aromatic carbocycles. The van der Waals surface area contributed by atoms with E-state index in [1.807, 2.05) is 0 Å². The Morgan fingerprint density at radius 1 is 1.24 bits per heavy atom. The van der Waals surface area contributed by atoms with Gasteiger partial charge in [0.05, 0.1) is 11.9 Å². The molecule has 0 saturated carbocycles. The van der Waals surface area contributed by atoms with E-state index in [-0.39, 0.29) is 28.8 Å². The van der Waals surface area contributed by atoms with Crippen LogP contribution in [0.3, 0.4) is 0 Å². The number of H-pyrrole nitrogens is 1. The van der Waals surface area contributed by atoms with Gasteiger partial charge in [-0.1, -0.05) is 0 Å². The van der Waals surface area contributed by atoms with Gasteiger partial charge in [0.1, 0.15) is 12.3 Å². The first-order valence-electron chi connectivity index (χ1n) is 5.11. The molecule has 0 aliphatic carbocycles. The Hall–Kier alpha value is -2.37. The highest BCUT2D eigenvalue weighted by atomic mass is 16.5. The summed E-state index contributed by atoms with van der Waals surface area (Å²) in [6.45, 7) is 0.503. The molecule has 3 heterocycles. The van der Waals surface area contributed by atoms with Crippen LogP contribution >= 0.6 is 0 Å². The maximum Gasteiger partial charge on any atom is 0.355 e. The van der Waals surface area contributed by atoms with E-state index in [0.717, 1.165) is 0 Å². The first kappa shape index (κ1) is 9.83. The molecule has 0 unspecified atom stereocenters. The number of aromatic nitrogens is 2. The normalized spacial score (nSPS) is 14.5. The number of carbonyl (C=O) groups is 1. The van der Waals surface area contributed by atoms with Crippen molar-refractivity contribution in [2.75, 3.05) is 6.61 Å². The Balaban J connectivity index is 2.57. The summed E-state index contributed by atoms with van der Waals surface area (Å²) in [4.78, 5) is 37.5. The molecule has 0 saturated heterocycles. The van der Waals surface area contributed by atoms with E-state index < -0.39 is 5.97 Å². The van der Waals surface area contributed by atoms with Crippen molar-refractivity contribution >= 4 is 16.7 Å². The number of nitrogens with zero attached hydrogens (tertiary/aromatic N) is 1. The molecule has 1 N–H and O–H groups in total. The fraction of sp³-hybridized carbons (Fsp3) is 0.182. The summed E-state index contributed by atoms with van der Waals surface area (Å²) in [6.07, 6.45) is 1.44. The van der Waals surface area contributed by atoms with E-state index >= 15 is 0 Å². The van der Waals surface area contributed by atoms with Crippen molar-refractivity contribution in [1.29, 1.82) is 0 Å². The van der Waals surface area contributed by atoms with Crippen LogP contribution in [0.5, 0.6) is 0 Å².